The van der Waals surface area contributed by atoms with Crippen LogP contribution >= 0.6 is 0 Å². The molecule has 6 heteroatoms. The highest BCUT2D eigenvalue weighted by molar-refractivity contribution is 6.06. The standard InChI is InChI=1S/C12H11F2NO3/c1-6-10(15-18-12(6,2)11(16)17)7-3-8(13)5-9(14)4-7/h3-6H,1-2H3,(H,16,17). The number of carboxylic acid groups (broad SMARTS) is 1. The minimum atomic E-state index is -1.52. The van der Waals surface area contributed by atoms with Gasteiger partial charge in [-0.1, -0.05) is 12.1 Å². The van der Waals surface area contributed by atoms with Gasteiger partial charge < -0.3 is 9.94 Å². The van der Waals surface area contributed by atoms with Crippen LogP contribution < -0.4 is 0 Å². The van der Waals surface area contributed by atoms with E-state index >= 15 is 0 Å². The predicted octanol–water partition coefficient (Wildman–Crippen LogP) is 2.18. The van der Waals surface area contributed by atoms with Gasteiger partial charge in [0.05, 0.1) is 11.6 Å². The number of carboxylic acids is 1. The molecule has 1 aliphatic rings. The molecule has 1 aromatic carbocycles. The fourth-order valence-corrected chi connectivity index (χ4v) is 1.79. The van der Waals surface area contributed by atoms with E-state index in [1.807, 2.05) is 0 Å². The van der Waals surface area contributed by atoms with Crippen molar-refractivity contribution in [1.29, 1.82) is 0 Å². The Hall–Kier alpha value is -1.98. The second kappa shape index (κ2) is 4.04. The fourth-order valence-electron chi connectivity index (χ4n) is 1.79. The molecule has 4 nitrogen and oxygen atoms in total. The number of oxime groups is 1. The third kappa shape index (κ3) is 1.83. The maximum Gasteiger partial charge on any atom is 0.351 e. The first-order valence-corrected chi connectivity index (χ1v) is 5.30. The molecule has 1 N–H and O–H groups in total. The molecule has 0 saturated carbocycles. The maximum atomic E-state index is 13.1. The molecule has 1 heterocycles. The molecular weight excluding hydrogens is 244 g/mol. The van der Waals surface area contributed by atoms with Crippen LogP contribution in [0.3, 0.4) is 0 Å². The number of aliphatic carboxylic acids is 1. The van der Waals surface area contributed by atoms with Crippen molar-refractivity contribution in [2.24, 2.45) is 11.1 Å². The normalized spacial score (nSPS) is 26.7. The summed E-state index contributed by atoms with van der Waals surface area (Å²) in [6, 6.07) is 2.92. The number of hydrogen-bond acceptors (Lipinski definition) is 3. The van der Waals surface area contributed by atoms with E-state index in [1.54, 1.807) is 6.92 Å². The number of rotatable bonds is 2. The Labute approximate surface area is 102 Å². The molecule has 1 aromatic rings. The lowest BCUT2D eigenvalue weighted by Gasteiger charge is -2.21. The van der Waals surface area contributed by atoms with Crippen LogP contribution in [0.25, 0.3) is 0 Å². The van der Waals surface area contributed by atoms with Crippen LogP contribution in [-0.4, -0.2) is 22.4 Å². The first-order valence-electron chi connectivity index (χ1n) is 5.30. The monoisotopic (exact) mass is 255 g/mol. The van der Waals surface area contributed by atoms with Gasteiger partial charge in [-0.25, -0.2) is 13.6 Å². The molecule has 0 bridgehead atoms. The highest BCUT2D eigenvalue weighted by Crippen LogP contribution is 2.32. The Morgan fingerprint density at radius 3 is 2.39 bits per heavy atom. The van der Waals surface area contributed by atoms with E-state index in [2.05, 4.69) is 5.16 Å². The third-order valence-electron chi connectivity index (χ3n) is 3.15. The van der Waals surface area contributed by atoms with Crippen molar-refractivity contribution in [2.75, 3.05) is 0 Å². The predicted molar refractivity (Wildman–Crippen MR) is 59.2 cm³/mol. The molecule has 0 saturated heterocycles. The quantitative estimate of drug-likeness (QED) is 0.881. The van der Waals surface area contributed by atoms with Crippen LogP contribution in [0, 0.1) is 17.6 Å². The molecule has 2 atom stereocenters. The minimum absolute atomic E-state index is 0.185. The van der Waals surface area contributed by atoms with Gasteiger partial charge >= 0.3 is 5.97 Å². The first-order chi connectivity index (χ1) is 8.34. The average molecular weight is 255 g/mol. The van der Waals surface area contributed by atoms with Gasteiger partial charge in [-0.3, -0.25) is 0 Å². The topological polar surface area (TPSA) is 58.9 Å². The molecule has 0 fully saturated rings. The molecule has 0 radical (unpaired) electrons. The van der Waals surface area contributed by atoms with Crippen LogP contribution in [0.5, 0.6) is 0 Å². The zero-order chi connectivity index (χ0) is 13.5. The van der Waals surface area contributed by atoms with Crippen molar-refractivity contribution in [3.63, 3.8) is 0 Å². The summed E-state index contributed by atoms with van der Waals surface area (Å²) >= 11 is 0. The van der Waals surface area contributed by atoms with E-state index in [1.165, 1.54) is 6.92 Å². The fraction of sp³-hybridized carbons (Fsp3) is 0.333. The zero-order valence-corrected chi connectivity index (χ0v) is 9.78. The number of hydrogen-bond donors (Lipinski definition) is 1. The van der Waals surface area contributed by atoms with Gasteiger partial charge in [0.15, 0.2) is 0 Å². The van der Waals surface area contributed by atoms with Gasteiger partial charge in [-0.15, -0.1) is 0 Å². The summed E-state index contributed by atoms with van der Waals surface area (Å²) in [5, 5.41) is 12.7. The van der Waals surface area contributed by atoms with Gasteiger partial charge in [-0.2, -0.15) is 0 Å². The van der Waals surface area contributed by atoms with Gasteiger partial charge in [0.1, 0.15) is 11.6 Å². The number of carbonyl (C=O) groups is 1. The smallest absolute Gasteiger partial charge is 0.351 e. The van der Waals surface area contributed by atoms with E-state index in [9.17, 15) is 13.6 Å². The van der Waals surface area contributed by atoms with Crippen molar-refractivity contribution >= 4 is 11.7 Å². The largest absolute Gasteiger partial charge is 0.478 e. The molecule has 0 aliphatic carbocycles. The summed E-state index contributed by atoms with van der Waals surface area (Å²) in [5.41, 5.74) is -1.11. The molecule has 2 rings (SSSR count). The van der Waals surface area contributed by atoms with Crippen LogP contribution in [0.2, 0.25) is 0 Å². The molecule has 1 aliphatic heterocycles. The average Bonchev–Trinajstić information content (AvgIpc) is 2.56. The summed E-state index contributed by atoms with van der Waals surface area (Å²) in [4.78, 5) is 16.0. The molecular formula is C12H11F2NO3. The molecule has 0 spiro atoms. The Balaban J connectivity index is 2.39. The lowest BCUT2D eigenvalue weighted by atomic mass is 9.85. The van der Waals surface area contributed by atoms with Crippen LogP contribution in [0.4, 0.5) is 8.78 Å². The molecule has 0 amide bonds. The highest BCUT2D eigenvalue weighted by Gasteiger charge is 2.49. The Bertz CT molecular complexity index is 524. The van der Waals surface area contributed by atoms with Crippen LogP contribution in [-0.2, 0) is 9.63 Å². The summed E-state index contributed by atoms with van der Waals surface area (Å²) in [6.45, 7) is 2.95. The van der Waals surface area contributed by atoms with Gasteiger partial charge in [-0.05, 0) is 19.1 Å². The molecule has 96 valence electrons. The van der Waals surface area contributed by atoms with Crippen LogP contribution in [0.15, 0.2) is 23.4 Å². The summed E-state index contributed by atoms with van der Waals surface area (Å²) < 4.78 is 26.2. The van der Waals surface area contributed by atoms with Crippen molar-refractivity contribution in [3.8, 4) is 0 Å². The van der Waals surface area contributed by atoms with Gasteiger partial charge in [0.25, 0.3) is 0 Å². The second-order valence-electron chi connectivity index (χ2n) is 4.36. The second-order valence-corrected chi connectivity index (χ2v) is 4.36. The minimum Gasteiger partial charge on any atom is -0.478 e. The number of benzene rings is 1. The lowest BCUT2D eigenvalue weighted by Crippen LogP contribution is -2.42. The van der Waals surface area contributed by atoms with Crippen molar-refractivity contribution in [1.82, 2.24) is 0 Å². The SMILES string of the molecule is CC1C(c2cc(F)cc(F)c2)=NOC1(C)C(=O)O. The Kier molecular flexibility index (Phi) is 2.80. The third-order valence-corrected chi connectivity index (χ3v) is 3.15. The van der Waals surface area contributed by atoms with Gasteiger partial charge in [0.2, 0.25) is 5.60 Å². The first kappa shape index (κ1) is 12.5. The molecule has 0 aromatic heterocycles. The molecule has 2 unspecified atom stereocenters. The summed E-state index contributed by atoms with van der Waals surface area (Å²) in [5.74, 6) is -3.28. The number of nitrogens with zero attached hydrogens (tertiary/aromatic N) is 1. The van der Waals surface area contributed by atoms with Crippen molar-refractivity contribution in [2.45, 2.75) is 19.4 Å². The van der Waals surface area contributed by atoms with E-state index in [0.717, 1.165) is 18.2 Å². The highest BCUT2D eigenvalue weighted by atomic mass is 19.1. The maximum absolute atomic E-state index is 13.1. The van der Waals surface area contributed by atoms with E-state index in [-0.39, 0.29) is 11.3 Å². The molecule has 18 heavy (non-hydrogen) atoms. The van der Waals surface area contributed by atoms with E-state index in [4.69, 9.17) is 9.94 Å². The lowest BCUT2D eigenvalue weighted by molar-refractivity contribution is -0.163. The van der Waals surface area contributed by atoms with Crippen molar-refractivity contribution in [3.05, 3.63) is 35.4 Å². The van der Waals surface area contributed by atoms with Crippen molar-refractivity contribution < 1.29 is 23.5 Å². The van der Waals surface area contributed by atoms with E-state index < -0.39 is 29.1 Å². The van der Waals surface area contributed by atoms with E-state index in [0.29, 0.717) is 0 Å². The summed E-state index contributed by atoms with van der Waals surface area (Å²) in [6.07, 6.45) is 0. The Morgan fingerprint density at radius 1 is 1.39 bits per heavy atom. The van der Waals surface area contributed by atoms with Gasteiger partial charge in [0, 0.05) is 11.6 Å². The number of halogens is 2. The van der Waals surface area contributed by atoms with Crippen LogP contribution in [0.1, 0.15) is 19.4 Å². The zero-order valence-electron chi connectivity index (χ0n) is 9.78. The Morgan fingerprint density at radius 2 is 1.94 bits per heavy atom. The summed E-state index contributed by atoms with van der Waals surface area (Å²) in [7, 11) is 0.